The number of carbonyl (C=O) groups excluding carboxylic acids is 1. The highest BCUT2D eigenvalue weighted by atomic mass is 16.2. The van der Waals surface area contributed by atoms with Gasteiger partial charge in [-0.05, 0) is 37.3 Å². The zero-order valence-electron chi connectivity index (χ0n) is 12.9. The molecule has 0 aliphatic heterocycles. The van der Waals surface area contributed by atoms with Crippen LogP contribution in [0.4, 0.5) is 0 Å². The number of carbonyl (C=O) groups is 1. The van der Waals surface area contributed by atoms with Crippen molar-refractivity contribution in [2.45, 2.75) is 46.1 Å². The van der Waals surface area contributed by atoms with E-state index >= 15 is 0 Å². The zero-order chi connectivity index (χ0) is 15.0. The van der Waals surface area contributed by atoms with E-state index in [1.807, 2.05) is 31.2 Å². The maximum absolute atomic E-state index is 12.5. The third kappa shape index (κ3) is 2.67. The van der Waals surface area contributed by atoms with E-state index in [1.54, 1.807) is 0 Å². The number of fused-ring (bicyclic) bond motifs is 1. The van der Waals surface area contributed by atoms with Crippen LogP contribution in [0.25, 0.3) is 11.0 Å². The van der Waals surface area contributed by atoms with Gasteiger partial charge in [0.25, 0.3) is 0 Å². The molecule has 1 aromatic heterocycles. The van der Waals surface area contributed by atoms with Crippen LogP contribution >= 0.6 is 0 Å². The van der Waals surface area contributed by atoms with Crippen LogP contribution < -0.4 is 5.32 Å². The molecule has 4 heteroatoms. The van der Waals surface area contributed by atoms with Gasteiger partial charge >= 0.3 is 0 Å². The summed E-state index contributed by atoms with van der Waals surface area (Å²) in [5, 5.41) is 3.12. The fourth-order valence-corrected chi connectivity index (χ4v) is 3.37. The molecule has 2 atom stereocenters. The molecule has 0 bridgehead atoms. The van der Waals surface area contributed by atoms with Crippen molar-refractivity contribution in [2.75, 3.05) is 0 Å². The molecule has 2 N–H and O–H groups in total. The Kier molecular flexibility index (Phi) is 3.47. The quantitative estimate of drug-likeness (QED) is 0.905. The van der Waals surface area contributed by atoms with E-state index in [4.69, 9.17) is 0 Å². The lowest BCUT2D eigenvalue weighted by atomic mass is 9.81. The molecule has 21 heavy (non-hydrogen) atoms. The lowest BCUT2D eigenvalue weighted by Crippen LogP contribution is -2.37. The van der Waals surface area contributed by atoms with Crippen molar-refractivity contribution in [1.82, 2.24) is 15.3 Å². The minimum absolute atomic E-state index is 0.0960. The van der Waals surface area contributed by atoms with Gasteiger partial charge in [-0.15, -0.1) is 0 Å². The van der Waals surface area contributed by atoms with Crippen LogP contribution in [0.5, 0.6) is 0 Å². The maximum Gasteiger partial charge on any atom is 0.224 e. The highest BCUT2D eigenvalue weighted by Crippen LogP contribution is 2.42. The van der Waals surface area contributed by atoms with Crippen LogP contribution in [0.2, 0.25) is 0 Å². The Labute approximate surface area is 125 Å². The van der Waals surface area contributed by atoms with E-state index in [1.165, 1.54) is 0 Å². The molecule has 1 fully saturated rings. The van der Waals surface area contributed by atoms with Crippen molar-refractivity contribution >= 4 is 16.9 Å². The number of para-hydroxylation sites is 2. The minimum atomic E-state index is -0.0960. The second-order valence-electron chi connectivity index (χ2n) is 6.80. The van der Waals surface area contributed by atoms with Crippen LogP contribution in [0.1, 0.15) is 51.9 Å². The summed E-state index contributed by atoms with van der Waals surface area (Å²) in [7, 11) is 0. The van der Waals surface area contributed by atoms with Gasteiger partial charge in [0, 0.05) is 5.92 Å². The summed E-state index contributed by atoms with van der Waals surface area (Å²) in [6.07, 6.45) is 3.26. The zero-order valence-corrected chi connectivity index (χ0v) is 12.9. The molecule has 1 aromatic carbocycles. The third-order valence-electron chi connectivity index (χ3n) is 4.75. The first-order valence-electron chi connectivity index (χ1n) is 7.72. The van der Waals surface area contributed by atoms with Crippen molar-refractivity contribution in [3.63, 3.8) is 0 Å². The minimum Gasteiger partial charge on any atom is -0.346 e. The maximum atomic E-state index is 12.5. The van der Waals surface area contributed by atoms with Gasteiger partial charge in [0.2, 0.25) is 5.91 Å². The third-order valence-corrected chi connectivity index (χ3v) is 4.75. The van der Waals surface area contributed by atoms with Gasteiger partial charge in [0.05, 0.1) is 17.1 Å². The second kappa shape index (κ2) is 5.17. The number of aromatic amines is 1. The number of H-pyrrole nitrogens is 1. The van der Waals surface area contributed by atoms with Gasteiger partial charge in [-0.25, -0.2) is 4.98 Å². The van der Waals surface area contributed by atoms with Crippen molar-refractivity contribution in [3.05, 3.63) is 30.1 Å². The molecule has 1 heterocycles. The number of imidazole rings is 1. The molecule has 0 saturated heterocycles. The summed E-state index contributed by atoms with van der Waals surface area (Å²) in [4.78, 5) is 20.4. The van der Waals surface area contributed by atoms with Gasteiger partial charge in [0.15, 0.2) is 0 Å². The standard InChI is InChI=1S/C17H23N3O/c1-11(15-19-13-8-4-5-9-14(13)20-15)18-16(21)12-7-6-10-17(12,2)3/h4-5,8-9,11-12H,6-7,10H2,1-3H3,(H,18,21)(H,19,20). The summed E-state index contributed by atoms with van der Waals surface area (Å²) in [6.45, 7) is 6.36. The molecule has 1 saturated carbocycles. The molecule has 0 spiro atoms. The summed E-state index contributed by atoms with van der Waals surface area (Å²) in [5.41, 5.74) is 2.06. The number of rotatable bonds is 3. The van der Waals surface area contributed by atoms with Gasteiger partial charge in [-0.3, -0.25) is 4.79 Å². The number of hydrogen-bond acceptors (Lipinski definition) is 2. The Balaban J connectivity index is 1.73. The first kappa shape index (κ1) is 14.1. The van der Waals surface area contributed by atoms with Crippen LogP contribution in [0.15, 0.2) is 24.3 Å². The second-order valence-corrected chi connectivity index (χ2v) is 6.80. The average molecular weight is 285 g/mol. The van der Waals surface area contributed by atoms with Gasteiger partial charge in [-0.1, -0.05) is 32.4 Å². The largest absolute Gasteiger partial charge is 0.346 e. The number of aromatic nitrogens is 2. The Morgan fingerprint density at radius 3 is 2.86 bits per heavy atom. The predicted molar refractivity (Wildman–Crippen MR) is 83.8 cm³/mol. The lowest BCUT2D eigenvalue weighted by molar-refractivity contribution is -0.128. The molecular weight excluding hydrogens is 262 g/mol. The number of benzene rings is 1. The van der Waals surface area contributed by atoms with Crippen LogP contribution in [0, 0.1) is 11.3 Å². The van der Waals surface area contributed by atoms with Gasteiger partial charge in [0.1, 0.15) is 5.82 Å². The van der Waals surface area contributed by atoms with Gasteiger partial charge in [-0.2, -0.15) is 0 Å². The molecule has 1 aliphatic carbocycles. The molecule has 0 radical (unpaired) electrons. The van der Waals surface area contributed by atoms with E-state index in [9.17, 15) is 4.79 Å². The summed E-state index contributed by atoms with van der Waals surface area (Å²) < 4.78 is 0. The monoisotopic (exact) mass is 285 g/mol. The molecule has 112 valence electrons. The number of amides is 1. The molecule has 1 aliphatic rings. The summed E-state index contributed by atoms with van der Waals surface area (Å²) in [5.74, 6) is 1.09. The molecule has 3 rings (SSSR count). The number of nitrogens with one attached hydrogen (secondary N) is 2. The Bertz CT molecular complexity index is 626. The first-order chi connectivity index (χ1) is 9.97. The molecule has 4 nitrogen and oxygen atoms in total. The normalized spacial score (nSPS) is 22.3. The molecule has 2 unspecified atom stereocenters. The molecule has 1 amide bonds. The topological polar surface area (TPSA) is 57.8 Å². The molecular formula is C17H23N3O. The van der Waals surface area contributed by atoms with Crippen LogP contribution in [-0.2, 0) is 4.79 Å². The molecule has 2 aromatic rings. The summed E-state index contributed by atoms with van der Waals surface area (Å²) >= 11 is 0. The number of hydrogen-bond donors (Lipinski definition) is 2. The fourth-order valence-electron chi connectivity index (χ4n) is 3.37. The Morgan fingerprint density at radius 2 is 2.19 bits per heavy atom. The summed E-state index contributed by atoms with van der Waals surface area (Å²) in [6, 6.07) is 7.83. The smallest absolute Gasteiger partial charge is 0.224 e. The fraction of sp³-hybridized carbons (Fsp3) is 0.529. The van der Waals surface area contributed by atoms with E-state index in [2.05, 4.69) is 29.1 Å². The van der Waals surface area contributed by atoms with E-state index in [0.29, 0.717) is 0 Å². The van der Waals surface area contributed by atoms with E-state index in [-0.39, 0.29) is 23.3 Å². The lowest BCUT2D eigenvalue weighted by Gasteiger charge is -2.27. The SMILES string of the molecule is CC(NC(=O)C1CCCC1(C)C)c1nc2ccccc2[nH]1. The van der Waals surface area contributed by atoms with Gasteiger partial charge < -0.3 is 10.3 Å². The van der Waals surface area contributed by atoms with Crippen molar-refractivity contribution in [2.24, 2.45) is 11.3 Å². The number of nitrogens with zero attached hydrogens (tertiary/aromatic N) is 1. The van der Waals surface area contributed by atoms with Crippen LogP contribution in [0.3, 0.4) is 0 Å². The highest BCUT2D eigenvalue weighted by molar-refractivity contribution is 5.80. The van der Waals surface area contributed by atoms with Crippen molar-refractivity contribution in [3.8, 4) is 0 Å². The highest BCUT2D eigenvalue weighted by Gasteiger charge is 2.39. The average Bonchev–Trinajstić information content (AvgIpc) is 3.01. The van der Waals surface area contributed by atoms with E-state index in [0.717, 1.165) is 36.1 Å². The predicted octanol–water partition coefficient (Wildman–Crippen LogP) is 3.57. The van der Waals surface area contributed by atoms with Crippen molar-refractivity contribution < 1.29 is 4.79 Å². The van der Waals surface area contributed by atoms with E-state index < -0.39 is 0 Å². The Hall–Kier alpha value is -1.84. The first-order valence-corrected chi connectivity index (χ1v) is 7.72. The Morgan fingerprint density at radius 1 is 1.43 bits per heavy atom. The van der Waals surface area contributed by atoms with Crippen molar-refractivity contribution in [1.29, 1.82) is 0 Å². The van der Waals surface area contributed by atoms with Crippen LogP contribution in [-0.4, -0.2) is 15.9 Å².